The molecule has 0 radical (unpaired) electrons. The smallest absolute Gasteiger partial charge is 0.338 e. The summed E-state index contributed by atoms with van der Waals surface area (Å²) in [6.45, 7) is 8.28. The Morgan fingerprint density at radius 1 is 1.25 bits per heavy atom. The number of rotatable bonds is 7. The van der Waals surface area contributed by atoms with Crippen LogP contribution in [-0.2, 0) is 19.6 Å². The molecule has 1 aromatic rings. The molecule has 0 saturated carbocycles. The minimum absolute atomic E-state index is 0.0626. The zero-order valence-corrected chi connectivity index (χ0v) is 17.8. The highest BCUT2D eigenvalue weighted by Crippen LogP contribution is 2.25. The molecule has 1 saturated heterocycles. The van der Waals surface area contributed by atoms with Crippen molar-refractivity contribution in [2.24, 2.45) is 5.92 Å². The third-order valence-corrected chi connectivity index (χ3v) is 6.77. The standard InChI is InChI=1S/C20H30N2O5S/c1-14(2)13-21-19(23)16(4)27-20(24)17-9-7-10-18(12-17)28(25,26)22-11-6-5-8-15(22)3/h7,9-10,12,14-16H,5-6,8,11,13H2,1-4H3,(H,21,23)/t15-,16-/m0/s1. The van der Waals surface area contributed by atoms with E-state index in [2.05, 4.69) is 5.32 Å². The van der Waals surface area contributed by atoms with E-state index >= 15 is 0 Å². The molecule has 1 aliphatic heterocycles. The second kappa shape index (κ2) is 9.52. The van der Waals surface area contributed by atoms with Crippen molar-refractivity contribution in [3.05, 3.63) is 29.8 Å². The van der Waals surface area contributed by atoms with Crippen LogP contribution in [0.1, 0.15) is 57.3 Å². The summed E-state index contributed by atoms with van der Waals surface area (Å²) in [6.07, 6.45) is 1.70. The summed E-state index contributed by atoms with van der Waals surface area (Å²) in [6, 6.07) is 5.73. The van der Waals surface area contributed by atoms with E-state index in [1.165, 1.54) is 35.5 Å². The molecule has 1 fully saturated rings. The Morgan fingerprint density at radius 3 is 2.61 bits per heavy atom. The summed E-state index contributed by atoms with van der Waals surface area (Å²) in [5, 5.41) is 2.70. The summed E-state index contributed by atoms with van der Waals surface area (Å²) >= 11 is 0. The van der Waals surface area contributed by atoms with Crippen LogP contribution in [0.25, 0.3) is 0 Å². The van der Waals surface area contributed by atoms with Crippen LogP contribution in [0.3, 0.4) is 0 Å². The minimum atomic E-state index is -3.68. The van der Waals surface area contributed by atoms with E-state index in [0.717, 1.165) is 19.3 Å². The van der Waals surface area contributed by atoms with E-state index < -0.39 is 22.1 Å². The quantitative estimate of drug-likeness (QED) is 0.698. The number of hydrogen-bond acceptors (Lipinski definition) is 5. The lowest BCUT2D eigenvalue weighted by Crippen LogP contribution is -2.42. The van der Waals surface area contributed by atoms with E-state index in [9.17, 15) is 18.0 Å². The molecule has 1 amide bonds. The van der Waals surface area contributed by atoms with E-state index in [-0.39, 0.29) is 28.3 Å². The lowest BCUT2D eigenvalue weighted by molar-refractivity contribution is -0.129. The van der Waals surface area contributed by atoms with Crippen molar-refractivity contribution in [1.29, 1.82) is 0 Å². The van der Waals surface area contributed by atoms with Crippen LogP contribution >= 0.6 is 0 Å². The van der Waals surface area contributed by atoms with Gasteiger partial charge in [-0.15, -0.1) is 0 Å². The Balaban J connectivity index is 2.11. The molecular formula is C20H30N2O5S. The first-order valence-electron chi connectivity index (χ1n) is 9.73. The number of carbonyl (C=O) groups excluding carboxylic acids is 2. The molecule has 28 heavy (non-hydrogen) atoms. The van der Waals surface area contributed by atoms with E-state index in [4.69, 9.17) is 4.74 Å². The van der Waals surface area contributed by atoms with E-state index in [0.29, 0.717) is 13.1 Å². The fourth-order valence-electron chi connectivity index (χ4n) is 3.08. The van der Waals surface area contributed by atoms with Crippen molar-refractivity contribution in [3.8, 4) is 0 Å². The molecule has 2 rings (SSSR count). The van der Waals surface area contributed by atoms with Crippen molar-refractivity contribution >= 4 is 21.9 Å². The predicted molar refractivity (Wildman–Crippen MR) is 106 cm³/mol. The molecule has 0 unspecified atom stereocenters. The fourth-order valence-corrected chi connectivity index (χ4v) is 4.82. The van der Waals surface area contributed by atoms with E-state index in [1.54, 1.807) is 0 Å². The second-order valence-electron chi connectivity index (χ2n) is 7.67. The largest absolute Gasteiger partial charge is 0.449 e. The number of sulfonamides is 1. The fraction of sp³-hybridized carbons (Fsp3) is 0.600. The van der Waals surface area contributed by atoms with Crippen molar-refractivity contribution in [2.45, 2.75) is 64.0 Å². The van der Waals surface area contributed by atoms with Crippen LogP contribution in [0.15, 0.2) is 29.2 Å². The monoisotopic (exact) mass is 410 g/mol. The zero-order chi connectivity index (χ0) is 20.9. The first-order chi connectivity index (χ1) is 13.1. The first kappa shape index (κ1) is 22.4. The van der Waals surface area contributed by atoms with Crippen molar-refractivity contribution in [3.63, 3.8) is 0 Å². The molecule has 7 nitrogen and oxygen atoms in total. The van der Waals surface area contributed by atoms with Crippen LogP contribution in [-0.4, -0.2) is 49.8 Å². The number of carbonyl (C=O) groups is 2. The SMILES string of the molecule is CC(C)CNC(=O)[C@H](C)OC(=O)c1cccc(S(=O)(=O)N2CCCC[C@@H]2C)c1. The molecule has 1 aromatic carbocycles. The maximum Gasteiger partial charge on any atom is 0.338 e. The summed E-state index contributed by atoms with van der Waals surface area (Å²) < 4.78 is 32.6. The number of esters is 1. The number of piperidine rings is 1. The highest BCUT2D eigenvalue weighted by Gasteiger charge is 2.31. The third-order valence-electron chi connectivity index (χ3n) is 4.76. The lowest BCUT2D eigenvalue weighted by atomic mass is 10.1. The second-order valence-corrected chi connectivity index (χ2v) is 9.57. The lowest BCUT2D eigenvalue weighted by Gasteiger charge is -2.32. The molecule has 2 atom stereocenters. The van der Waals surface area contributed by atoms with Gasteiger partial charge in [0.05, 0.1) is 10.5 Å². The number of ether oxygens (including phenoxy) is 1. The molecule has 0 aromatic heterocycles. The molecule has 0 bridgehead atoms. The molecule has 1 aliphatic rings. The minimum Gasteiger partial charge on any atom is -0.449 e. The van der Waals surface area contributed by atoms with Gasteiger partial charge < -0.3 is 10.1 Å². The van der Waals surface area contributed by atoms with Gasteiger partial charge in [0.1, 0.15) is 0 Å². The number of benzene rings is 1. The Labute approximate surface area is 167 Å². The Bertz CT molecular complexity index is 807. The molecule has 8 heteroatoms. The average molecular weight is 411 g/mol. The van der Waals surface area contributed by atoms with Crippen LogP contribution in [0.5, 0.6) is 0 Å². The van der Waals surface area contributed by atoms with Crippen LogP contribution < -0.4 is 5.32 Å². The van der Waals surface area contributed by atoms with Gasteiger partial charge in [-0.2, -0.15) is 4.31 Å². The van der Waals surface area contributed by atoms with Crippen molar-refractivity contribution in [2.75, 3.05) is 13.1 Å². The van der Waals surface area contributed by atoms with Crippen molar-refractivity contribution < 1.29 is 22.7 Å². The van der Waals surface area contributed by atoms with Gasteiger partial charge in [0.2, 0.25) is 10.0 Å². The van der Waals surface area contributed by atoms with Gasteiger partial charge in [0.25, 0.3) is 5.91 Å². The van der Waals surface area contributed by atoms with Gasteiger partial charge in [-0.3, -0.25) is 4.79 Å². The summed E-state index contributed by atoms with van der Waals surface area (Å²) in [5.74, 6) is -0.824. The Hall–Kier alpha value is -1.93. The Kier molecular flexibility index (Phi) is 7.60. The number of hydrogen-bond donors (Lipinski definition) is 1. The molecule has 156 valence electrons. The van der Waals surface area contributed by atoms with Gasteiger partial charge in [-0.05, 0) is 50.8 Å². The first-order valence-corrected chi connectivity index (χ1v) is 11.2. The summed E-state index contributed by atoms with van der Waals surface area (Å²) in [7, 11) is -3.68. The number of nitrogens with zero attached hydrogens (tertiary/aromatic N) is 1. The number of amides is 1. The molecular weight excluding hydrogens is 380 g/mol. The topological polar surface area (TPSA) is 92.8 Å². The summed E-state index contributed by atoms with van der Waals surface area (Å²) in [4.78, 5) is 24.5. The summed E-state index contributed by atoms with van der Waals surface area (Å²) in [5.41, 5.74) is 0.106. The molecule has 1 heterocycles. The average Bonchev–Trinajstić information content (AvgIpc) is 2.66. The highest BCUT2D eigenvalue weighted by atomic mass is 32.2. The third kappa shape index (κ3) is 5.54. The zero-order valence-electron chi connectivity index (χ0n) is 17.0. The van der Waals surface area contributed by atoms with Crippen LogP contribution in [0.2, 0.25) is 0 Å². The molecule has 0 spiro atoms. The molecule has 0 aliphatic carbocycles. The number of nitrogens with one attached hydrogen (secondary N) is 1. The maximum absolute atomic E-state index is 13.0. The van der Waals surface area contributed by atoms with Crippen LogP contribution in [0.4, 0.5) is 0 Å². The predicted octanol–water partition coefficient (Wildman–Crippen LogP) is 2.57. The van der Waals surface area contributed by atoms with Gasteiger partial charge in [-0.25, -0.2) is 13.2 Å². The Morgan fingerprint density at radius 2 is 1.96 bits per heavy atom. The van der Waals surface area contributed by atoms with E-state index in [1.807, 2.05) is 20.8 Å². The van der Waals surface area contributed by atoms with Gasteiger partial charge in [-0.1, -0.05) is 26.3 Å². The maximum atomic E-state index is 13.0. The molecule has 1 N–H and O–H groups in total. The van der Waals surface area contributed by atoms with Crippen LogP contribution in [0, 0.1) is 5.92 Å². The normalized spacial score (nSPS) is 19.2. The highest BCUT2D eigenvalue weighted by molar-refractivity contribution is 7.89. The van der Waals surface area contributed by atoms with Gasteiger partial charge >= 0.3 is 5.97 Å². The van der Waals surface area contributed by atoms with Gasteiger partial charge in [0, 0.05) is 19.1 Å². The van der Waals surface area contributed by atoms with Gasteiger partial charge in [0.15, 0.2) is 6.10 Å². The van der Waals surface area contributed by atoms with Crippen molar-refractivity contribution in [1.82, 2.24) is 9.62 Å².